The minimum atomic E-state index is -0.336. The maximum atomic E-state index is 12.6. The summed E-state index contributed by atoms with van der Waals surface area (Å²) >= 11 is 0. The standard InChI is InChI=1S/C23H24N2O3/c26-22(19-12-5-2-6-13-19)25-21(15-7-11-18-9-3-1-4-10-18)23(27)24-17-20-14-8-16-28-20/h1-7,9-13,15,20H,8,14,16-17H2,(H,24,27)(H,25,26)/b11-7-,21-15-/t20-/m1/s1. The number of hydrogen-bond donors (Lipinski definition) is 2. The van der Waals surface area contributed by atoms with Gasteiger partial charge in [0, 0.05) is 18.7 Å². The van der Waals surface area contributed by atoms with Crippen LogP contribution in [0.1, 0.15) is 28.8 Å². The monoisotopic (exact) mass is 376 g/mol. The van der Waals surface area contributed by atoms with Gasteiger partial charge in [-0.3, -0.25) is 9.59 Å². The highest BCUT2D eigenvalue weighted by molar-refractivity contribution is 6.03. The molecule has 5 heteroatoms. The lowest BCUT2D eigenvalue weighted by Crippen LogP contribution is -2.38. The van der Waals surface area contributed by atoms with E-state index in [1.807, 2.05) is 42.5 Å². The highest BCUT2D eigenvalue weighted by Crippen LogP contribution is 2.11. The summed E-state index contributed by atoms with van der Waals surface area (Å²) in [5, 5.41) is 5.56. The van der Waals surface area contributed by atoms with Crippen LogP contribution in [0.15, 0.2) is 78.5 Å². The van der Waals surface area contributed by atoms with E-state index in [9.17, 15) is 9.59 Å². The molecule has 1 aliphatic rings. The topological polar surface area (TPSA) is 67.4 Å². The average Bonchev–Trinajstić information content (AvgIpc) is 3.26. The van der Waals surface area contributed by atoms with Crippen molar-refractivity contribution in [2.75, 3.05) is 13.2 Å². The van der Waals surface area contributed by atoms with Gasteiger partial charge in [-0.25, -0.2) is 0 Å². The first kappa shape index (κ1) is 19.6. The van der Waals surface area contributed by atoms with Crippen molar-refractivity contribution < 1.29 is 14.3 Å². The van der Waals surface area contributed by atoms with E-state index in [2.05, 4.69) is 10.6 Å². The van der Waals surface area contributed by atoms with Gasteiger partial charge in [0.2, 0.25) is 0 Å². The van der Waals surface area contributed by atoms with Gasteiger partial charge in [-0.15, -0.1) is 0 Å². The Morgan fingerprint density at radius 1 is 1.04 bits per heavy atom. The third-order valence-electron chi connectivity index (χ3n) is 4.39. The zero-order chi connectivity index (χ0) is 19.6. The first-order chi connectivity index (χ1) is 13.7. The zero-order valence-electron chi connectivity index (χ0n) is 15.6. The Labute approximate surface area is 165 Å². The van der Waals surface area contributed by atoms with Crippen LogP contribution in [0.5, 0.6) is 0 Å². The first-order valence-corrected chi connectivity index (χ1v) is 9.42. The number of nitrogens with one attached hydrogen (secondary N) is 2. The van der Waals surface area contributed by atoms with Gasteiger partial charge in [0.15, 0.2) is 0 Å². The smallest absolute Gasteiger partial charge is 0.267 e. The Morgan fingerprint density at radius 3 is 2.43 bits per heavy atom. The van der Waals surface area contributed by atoms with Crippen molar-refractivity contribution in [3.8, 4) is 0 Å². The number of hydrogen-bond acceptors (Lipinski definition) is 3. The summed E-state index contributed by atoms with van der Waals surface area (Å²) in [4.78, 5) is 25.1. The molecule has 0 spiro atoms. The Kier molecular flexibility index (Phi) is 7.15. The van der Waals surface area contributed by atoms with Crippen molar-refractivity contribution in [3.63, 3.8) is 0 Å². The average molecular weight is 376 g/mol. The van der Waals surface area contributed by atoms with Crippen LogP contribution >= 0.6 is 0 Å². The Hall–Kier alpha value is -3.18. The van der Waals surface area contributed by atoms with Crippen LogP contribution < -0.4 is 10.6 Å². The lowest BCUT2D eigenvalue weighted by Gasteiger charge is -2.13. The van der Waals surface area contributed by atoms with E-state index in [0.717, 1.165) is 25.0 Å². The Balaban J connectivity index is 1.70. The minimum Gasteiger partial charge on any atom is -0.376 e. The summed E-state index contributed by atoms with van der Waals surface area (Å²) in [6.07, 6.45) is 7.22. The normalized spacial score (nSPS) is 16.9. The molecule has 1 aliphatic heterocycles. The van der Waals surface area contributed by atoms with Crippen LogP contribution in [0.2, 0.25) is 0 Å². The molecule has 3 rings (SSSR count). The number of amides is 2. The number of carbonyl (C=O) groups is 2. The second-order valence-corrected chi connectivity index (χ2v) is 6.52. The number of benzene rings is 2. The molecule has 5 nitrogen and oxygen atoms in total. The SMILES string of the molecule is O=C(NC[C@H]1CCCO1)/C(=C/C=C\c1ccccc1)NC(=O)c1ccccc1. The van der Waals surface area contributed by atoms with Crippen LogP contribution in [0, 0.1) is 0 Å². The molecular formula is C23H24N2O3. The van der Waals surface area contributed by atoms with Crippen LogP contribution in [-0.4, -0.2) is 31.1 Å². The number of allylic oxidation sites excluding steroid dienone is 2. The summed E-state index contributed by atoms with van der Waals surface area (Å²) in [5.41, 5.74) is 1.69. The van der Waals surface area contributed by atoms with E-state index in [1.54, 1.807) is 36.4 Å². The van der Waals surface area contributed by atoms with Crippen LogP contribution in [0.4, 0.5) is 0 Å². The van der Waals surface area contributed by atoms with Crippen molar-refractivity contribution in [1.29, 1.82) is 0 Å². The van der Waals surface area contributed by atoms with Crippen molar-refractivity contribution in [3.05, 3.63) is 89.6 Å². The van der Waals surface area contributed by atoms with Gasteiger partial charge in [-0.1, -0.05) is 60.7 Å². The molecule has 1 saturated heterocycles. The quantitative estimate of drug-likeness (QED) is 0.575. The first-order valence-electron chi connectivity index (χ1n) is 9.42. The molecule has 144 valence electrons. The molecule has 0 bridgehead atoms. The van der Waals surface area contributed by atoms with E-state index >= 15 is 0 Å². The molecule has 0 radical (unpaired) electrons. The third kappa shape index (κ3) is 5.93. The van der Waals surface area contributed by atoms with Crippen molar-refractivity contribution in [2.45, 2.75) is 18.9 Å². The highest BCUT2D eigenvalue weighted by atomic mass is 16.5. The molecule has 1 fully saturated rings. The van der Waals surface area contributed by atoms with Gasteiger partial charge >= 0.3 is 0 Å². The molecule has 1 atom stereocenters. The van der Waals surface area contributed by atoms with E-state index in [-0.39, 0.29) is 23.6 Å². The van der Waals surface area contributed by atoms with Gasteiger partial charge in [-0.05, 0) is 36.6 Å². The number of rotatable bonds is 7. The maximum absolute atomic E-state index is 12.6. The predicted molar refractivity (Wildman–Crippen MR) is 109 cm³/mol. The van der Waals surface area contributed by atoms with E-state index in [4.69, 9.17) is 4.74 Å². The highest BCUT2D eigenvalue weighted by Gasteiger charge is 2.18. The summed E-state index contributed by atoms with van der Waals surface area (Å²) in [5.74, 6) is -0.662. The molecule has 1 heterocycles. The summed E-state index contributed by atoms with van der Waals surface area (Å²) < 4.78 is 5.54. The minimum absolute atomic E-state index is 0.0369. The second kappa shape index (κ2) is 10.2. The van der Waals surface area contributed by atoms with Gasteiger partial charge < -0.3 is 15.4 Å². The molecular weight excluding hydrogens is 352 g/mol. The van der Waals surface area contributed by atoms with Gasteiger partial charge in [0.05, 0.1) is 6.10 Å². The Bertz CT molecular complexity index is 839. The molecule has 0 aliphatic carbocycles. The molecule has 0 saturated carbocycles. The van der Waals surface area contributed by atoms with Gasteiger partial charge in [-0.2, -0.15) is 0 Å². The molecule has 2 aromatic carbocycles. The van der Waals surface area contributed by atoms with Crippen LogP contribution in [0.25, 0.3) is 6.08 Å². The largest absolute Gasteiger partial charge is 0.376 e. The van der Waals surface area contributed by atoms with Crippen molar-refractivity contribution in [2.24, 2.45) is 0 Å². The molecule has 2 amide bonds. The molecule has 28 heavy (non-hydrogen) atoms. The van der Waals surface area contributed by atoms with E-state index in [0.29, 0.717) is 12.1 Å². The lowest BCUT2D eigenvalue weighted by molar-refractivity contribution is -0.118. The molecule has 2 aromatic rings. The second-order valence-electron chi connectivity index (χ2n) is 6.52. The fourth-order valence-electron chi connectivity index (χ4n) is 2.88. The van der Waals surface area contributed by atoms with E-state index < -0.39 is 0 Å². The number of ether oxygens (including phenoxy) is 1. The summed E-state index contributed by atoms with van der Waals surface area (Å²) in [6, 6.07) is 18.6. The summed E-state index contributed by atoms with van der Waals surface area (Å²) in [7, 11) is 0. The van der Waals surface area contributed by atoms with Crippen LogP contribution in [-0.2, 0) is 9.53 Å². The fourth-order valence-corrected chi connectivity index (χ4v) is 2.88. The maximum Gasteiger partial charge on any atom is 0.267 e. The predicted octanol–water partition coefficient (Wildman–Crippen LogP) is 3.31. The lowest BCUT2D eigenvalue weighted by atomic mass is 10.2. The van der Waals surface area contributed by atoms with Gasteiger partial charge in [0.1, 0.15) is 5.70 Å². The number of carbonyl (C=O) groups excluding carboxylic acids is 2. The van der Waals surface area contributed by atoms with Gasteiger partial charge in [0.25, 0.3) is 11.8 Å². The Morgan fingerprint density at radius 2 is 1.75 bits per heavy atom. The summed E-state index contributed by atoms with van der Waals surface area (Å²) in [6.45, 7) is 1.16. The van der Waals surface area contributed by atoms with Crippen molar-refractivity contribution >= 4 is 17.9 Å². The van der Waals surface area contributed by atoms with E-state index in [1.165, 1.54) is 0 Å². The molecule has 0 aromatic heterocycles. The van der Waals surface area contributed by atoms with Crippen molar-refractivity contribution in [1.82, 2.24) is 10.6 Å². The zero-order valence-corrected chi connectivity index (χ0v) is 15.6. The van der Waals surface area contributed by atoms with Crippen LogP contribution in [0.3, 0.4) is 0 Å². The fraction of sp³-hybridized carbons (Fsp3) is 0.217. The molecule has 2 N–H and O–H groups in total. The third-order valence-corrected chi connectivity index (χ3v) is 4.39. The molecule has 0 unspecified atom stereocenters.